The first kappa shape index (κ1) is 20.1. The van der Waals surface area contributed by atoms with Gasteiger partial charge < -0.3 is 10.1 Å². The maximum Gasteiger partial charge on any atom is 0.307 e. The smallest absolute Gasteiger partial charge is 0.307 e. The predicted octanol–water partition coefficient (Wildman–Crippen LogP) is 3.92. The SMILES string of the molecule is COC(=O)CC(NC(=O)CCC(=O)c1ccc(Cl)s1)c1ccc(F)cc1. The molecule has 1 atom stereocenters. The molecule has 138 valence electrons. The number of halogens is 2. The van der Waals surface area contributed by atoms with Crippen LogP contribution in [0.15, 0.2) is 36.4 Å². The van der Waals surface area contributed by atoms with Crippen LogP contribution < -0.4 is 5.32 Å². The van der Waals surface area contributed by atoms with Crippen molar-refractivity contribution in [3.63, 3.8) is 0 Å². The van der Waals surface area contributed by atoms with Crippen LogP contribution in [-0.2, 0) is 14.3 Å². The Morgan fingerprint density at radius 1 is 1.15 bits per heavy atom. The number of carbonyl (C=O) groups excluding carboxylic acids is 3. The average molecular weight is 398 g/mol. The van der Waals surface area contributed by atoms with Crippen molar-refractivity contribution < 1.29 is 23.5 Å². The average Bonchev–Trinajstić information content (AvgIpc) is 3.06. The normalized spacial score (nSPS) is 11.7. The zero-order chi connectivity index (χ0) is 19.1. The van der Waals surface area contributed by atoms with Gasteiger partial charge >= 0.3 is 5.97 Å². The highest BCUT2D eigenvalue weighted by molar-refractivity contribution is 7.18. The quantitative estimate of drug-likeness (QED) is 0.541. The Kier molecular flexibility index (Phi) is 7.29. The minimum atomic E-state index is -0.665. The minimum Gasteiger partial charge on any atom is -0.469 e. The molecule has 8 heteroatoms. The maximum absolute atomic E-state index is 13.1. The lowest BCUT2D eigenvalue weighted by atomic mass is 10.0. The number of thiophene rings is 1. The van der Waals surface area contributed by atoms with Crippen LogP contribution in [0.4, 0.5) is 4.39 Å². The first-order valence-corrected chi connectivity index (χ1v) is 8.98. The van der Waals surface area contributed by atoms with E-state index in [1.165, 1.54) is 31.4 Å². The van der Waals surface area contributed by atoms with Gasteiger partial charge in [0.05, 0.1) is 28.8 Å². The van der Waals surface area contributed by atoms with Gasteiger partial charge in [0.25, 0.3) is 0 Å². The highest BCUT2D eigenvalue weighted by Gasteiger charge is 2.20. The number of amides is 1. The lowest BCUT2D eigenvalue weighted by Gasteiger charge is -2.18. The van der Waals surface area contributed by atoms with Gasteiger partial charge in [0.1, 0.15) is 5.82 Å². The molecule has 1 aromatic carbocycles. The van der Waals surface area contributed by atoms with Crippen molar-refractivity contribution in [1.29, 1.82) is 0 Å². The first-order valence-electron chi connectivity index (χ1n) is 7.79. The van der Waals surface area contributed by atoms with Crippen molar-refractivity contribution in [1.82, 2.24) is 5.32 Å². The number of ketones is 1. The molecule has 0 aliphatic rings. The molecule has 0 bridgehead atoms. The number of hydrogen-bond donors (Lipinski definition) is 1. The Hall–Kier alpha value is -2.25. The summed E-state index contributed by atoms with van der Waals surface area (Å²) in [5.41, 5.74) is 0.571. The number of carbonyl (C=O) groups is 3. The number of nitrogens with one attached hydrogen (secondary N) is 1. The predicted molar refractivity (Wildman–Crippen MR) is 96.8 cm³/mol. The second kappa shape index (κ2) is 9.45. The fourth-order valence-electron chi connectivity index (χ4n) is 2.28. The second-order valence-corrected chi connectivity index (χ2v) is 7.19. The fraction of sp³-hybridized carbons (Fsp3) is 0.278. The van der Waals surface area contributed by atoms with E-state index in [2.05, 4.69) is 10.1 Å². The second-order valence-electron chi connectivity index (χ2n) is 5.48. The Labute approximate surface area is 159 Å². The standard InChI is InChI=1S/C18H17ClFNO4S/c1-25-18(24)10-13(11-2-4-12(20)5-3-11)21-17(23)9-6-14(22)15-7-8-16(19)26-15/h2-5,7-8,13H,6,9-10H2,1H3,(H,21,23). The van der Waals surface area contributed by atoms with Crippen molar-refractivity contribution in [2.45, 2.75) is 25.3 Å². The molecule has 0 saturated heterocycles. The summed E-state index contributed by atoms with van der Waals surface area (Å²) in [7, 11) is 1.25. The first-order chi connectivity index (χ1) is 12.4. The zero-order valence-electron chi connectivity index (χ0n) is 14.0. The van der Waals surface area contributed by atoms with Crippen molar-refractivity contribution >= 4 is 40.6 Å². The number of Topliss-reactive ketones (excluding diaryl/α,β-unsaturated/α-hetero) is 1. The summed E-state index contributed by atoms with van der Waals surface area (Å²) < 4.78 is 18.2. The third kappa shape index (κ3) is 5.93. The molecule has 0 spiro atoms. The molecule has 1 unspecified atom stereocenters. The molecule has 0 radical (unpaired) electrons. The van der Waals surface area contributed by atoms with Gasteiger partial charge in [-0.3, -0.25) is 14.4 Å². The third-order valence-electron chi connectivity index (χ3n) is 3.63. The Morgan fingerprint density at radius 3 is 2.42 bits per heavy atom. The fourth-order valence-corrected chi connectivity index (χ4v) is 3.29. The molecule has 0 aliphatic heterocycles. The summed E-state index contributed by atoms with van der Waals surface area (Å²) in [4.78, 5) is 36.3. The molecule has 2 rings (SSSR count). The van der Waals surface area contributed by atoms with E-state index >= 15 is 0 Å². The largest absolute Gasteiger partial charge is 0.469 e. The Morgan fingerprint density at radius 2 is 1.85 bits per heavy atom. The Balaban J connectivity index is 1.97. The molecular weight excluding hydrogens is 381 g/mol. The van der Waals surface area contributed by atoms with Gasteiger partial charge in [0.15, 0.2) is 5.78 Å². The van der Waals surface area contributed by atoms with E-state index in [1.54, 1.807) is 12.1 Å². The van der Waals surface area contributed by atoms with E-state index in [0.29, 0.717) is 14.8 Å². The number of rotatable bonds is 8. The number of hydrogen-bond acceptors (Lipinski definition) is 5. The summed E-state index contributed by atoms with van der Waals surface area (Å²) in [6.45, 7) is 0. The maximum atomic E-state index is 13.1. The van der Waals surface area contributed by atoms with Crippen LogP contribution in [0.5, 0.6) is 0 Å². The number of ether oxygens (including phenoxy) is 1. The highest BCUT2D eigenvalue weighted by Crippen LogP contribution is 2.23. The van der Waals surface area contributed by atoms with E-state index in [-0.39, 0.29) is 31.0 Å². The van der Waals surface area contributed by atoms with Crippen molar-refractivity contribution in [2.75, 3.05) is 7.11 Å². The van der Waals surface area contributed by atoms with Gasteiger partial charge in [-0.15, -0.1) is 11.3 Å². The summed E-state index contributed by atoms with van der Waals surface area (Å²) >= 11 is 6.95. The number of esters is 1. The van der Waals surface area contributed by atoms with E-state index < -0.39 is 17.8 Å². The lowest BCUT2D eigenvalue weighted by Crippen LogP contribution is -2.30. The number of benzene rings is 1. The van der Waals surface area contributed by atoms with Crippen LogP contribution in [-0.4, -0.2) is 24.8 Å². The van der Waals surface area contributed by atoms with Gasteiger partial charge in [-0.2, -0.15) is 0 Å². The van der Waals surface area contributed by atoms with Crippen molar-refractivity contribution in [3.05, 3.63) is 57.0 Å². The van der Waals surface area contributed by atoms with Crippen LogP contribution >= 0.6 is 22.9 Å². The van der Waals surface area contributed by atoms with E-state index in [0.717, 1.165) is 11.3 Å². The molecule has 26 heavy (non-hydrogen) atoms. The molecule has 5 nitrogen and oxygen atoms in total. The Bertz CT molecular complexity index is 791. The minimum absolute atomic E-state index is 0.0248. The number of methoxy groups -OCH3 is 1. The van der Waals surface area contributed by atoms with Gasteiger partial charge in [-0.05, 0) is 29.8 Å². The summed E-state index contributed by atoms with van der Waals surface area (Å²) in [5, 5.41) is 2.69. The van der Waals surface area contributed by atoms with Crippen LogP contribution in [0.1, 0.15) is 40.5 Å². The van der Waals surface area contributed by atoms with Gasteiger partial charge in [0, 0.05) is 12.8 Å². The summed E-state index contributed by atoms with van der Waals surface area (Å²) in [5.74, 6) is -1.50. The molecule has 2 aromatic rings. The van der Waals surface area contributed by atoms with E-state index in [1.807, 2.05) is 0 Å². The topological polar surface area (TPSA) is 72.5 Å². The molecule has 1 N–H and O–H groups in total. The van der Waals surface area contributed by atoms with Gasteiger partial charge in [-0.1, -0.05) is 23.7 Å². The summed E-state index contributed by atoms with van der Waals surface area (Å²) in [6.07, 6.45) is -0.105. The van der Waals surface area contributed by atoms with Crippen LogP contribution in [0.25, 0.3) is 0 Å². The van der Waals surface area contributed by atoms with Crippen LogP contribution in [0.3, 0.4) is 0 Å². The molecule has 1 amide bonds. The molecule has 1 heterocycles. The zero-order valence-corrected chi connectivity index (χ0v) is 15.5. The molecular formula is C18H17ClFNO4S. The van der Waals surface area contributed by atoms with E-state index in [4.69, 9.17) is 11.6 Å². The highest BCUT2D eigenvalue weighted by atomic mass is 35.5. The monoisotopic (exact) mass is 397 g/mol. The van der Waals surface area contributed by atoms with Crippen molar-refractivity contribution in [3.8, 4) is 0 Å². The summed E-state index contributed by atoms with van der Waals surface area (Å²) in [6, 6.07) is 8.05. The lowest BCUT2D eigenvalue weighted by molar-refractivity contribution is -0.141. The molecule has 1 aromatic heterocycles. The third-order valence-corrected chi connectivity index (χ3v) is 4.91. The van der Waals surface area contributed by atoms with Crippen molar-refractivity contribution in [2.24, 2.45) is 0 Å². The van der Waals surface area contributed by atoms with Crippen LogP contribution in [0, 0.1) is 5.82 Å². The van der Waals surface area contributed by atoms with E-state index in [9.17, 15) is 18.8 Å². The molecule has 0 aliphatic carbocycles. The molecule has 0 fully saturated rings. The van der Waals surface area contributed by atoms with Gasteiger partial charge in [0.2, 0.25) is 5.91 Å². The van der Waals surface area contributed by atoms with Gasteiger partial charge in [-0.25, -0.2) is 4.39 Å². The molecule has 0 saturated carbocycles. The van der Waals surface area contributed by atoms with Crippen LogP contribution in [0.2, 0.25) is 4.34 Å².